The first kappa shape index (κ1) is 18.0. The lowest BCUT2D eigenvalue weighted by Crippen LogP contribution is -2.38. The number of carbonyl (C=O) groups excluding carboxylic acids is 1. The molecular formula is C19H27ClN4O2. The predicted octanol–water partition coefficient (Wildman–Crippen LogP) is 2.82. The van der Waals surface area contributed by atoms with Crippen molar-refractivity contribution in [1.29, 1.82) is 0 Å². The van der Waals surface area contributed by atoms with Crippen LogP contribution in [-0.2, 0) is 9.53 Å². The second-order valence-electron chi connectivity index (χ2n) is 8.05. The number of rotatable bonds is 3. The van der Waals surface area contributed by atoms with Gasteiger partial charge in [-0.05, 0) is 62.5 Å². The van der Waals surface area contributed by atoms with Crippen LogP contribution in [0, 0.1) is 31.6 Å². The zero-order chi connectivity index (χ0) is 18.3. The van der Waals surface area contributed by atoms with Gasteiger partial charge in [0.2, 0.25) is 5.91 Å². The van der Waals surface area contributed by atoms with E-state index in [1.165, 1.54) is 0 Å². The molecule has 2 saturated heterocycles. The lowest BCUT2D eigenvalue weighted by Gasteiger charge is -2.27. The summed E-state index contributed by atoms with van der Waals surface area (Å²) in [7, 11) is 0. The third-order valence-corrected chi connectivity index (χ3v) is 6.80. The highest BCUT2D eigenvalue weighted by Gasteiger charge is 2.43. The monoisotopic (exact) mass is 378 g/mol. The molecule has 2 aliphatic heterocycles. The number of ether oxygens (including phenoxy) is 1. The van der Waals surface area contributed by atoms with Crippen LogP contribution in [0.2, 0.25) is 5.15 Å². The van der Waals surface area contributed by atoms with Gasteiger partial charge in [-0.1, -0.05) is 11.6 Å². The van der Waals surface area contributed by atoms with Crippen LogP contribution >= 0.6 is 11.6 Å². The van der Waals surface area contributed by atoms with Gasteiger partial charge in [-0.3, -0.25) is 4.79 Å². The molecule has 3 fully saturated rings. The van der Waals surface area contributed by atoms with Crippen LogP contribution in [0.4, 0.5) is 5.82 Å². The van der Waals surface area contributed by atoms with E-state index in [1.807, 2.05) is 13.8 Å². The van der Waals surface area contributed by atoms with Crippen LogP contribution in [0.5, 0.6) is 0 Å². The van der Waals surface area contributed by atoms with E-state index in [0.29, 0.717) is 28.9 Å². The standard InChI is InChI=1S/C19H27ClN4O2/c1-11-12(2)18(23-22-17(11)20)21-16-7-14-9-24(10-15(14)8-16)19(25)13-3-5-26-6-4-13/h13-16H,3-10H2,1-2H3,(H,21,23)/t14-,15+,16+. The maximum atomic E-state index is 12.7. The summed E-state index contributed by atoms with van der Waals surface area (Å²) in [6.45, 7) is 7.27. The Kier molecular flexibility index (Phi) is 5.06. The van der Waals surface area contributed by atoms with Gasteiger partial charge in [0.05, 0.1) is 0 Å². The van der Waals surface area contributed by atoms with E-state index >= 15 is 0 Å². The van der Waals surface area contributed by atoms with Gasteiger partial charge < -0.3 is 15.0 Å². The first-order valence-electron chi connectivity index (χ1n) is 9.65. The second-order valence-corrected chi connectivity index (χ2v) is 8.41. The summed E-state index contributed by atoms with van der Waals surface area (Å²) in [5, 5.41) is 12.3. The summed E-state index contributed by atoms with van der Waals surface area (Å²) in [6, 6.07) is 0.402. The van der Waals surface area contributed by atoms with E-state index in [1.54, 1.807) is 0 Å². The van der Waals surface area contributed by atoms with Crippen molar-refractivity contribution in [3.05, 3.63) is 16.3 Å². The summed E-state index contributed by atoms with van der Waals surface area (Å²) in [4.78, 5) is 14.9. The van der Waals surface area contributed by atoms with Crippen molar-refractivity contribution < 1.29 is 9.53 Å². The highest BCUT2D eigenvalue weighted by Crippen LogP contribution is 2.40. The van der Waals surface area contributed by atoms with Crippen LogP contribution in [0.3, 0.4) is 0 Å². The minimum Gasteiger partial charge on any atom is -0.381 e. The van der Waals surface area contributed by atoms with Gasteiger partial charge in [-0.15, -0.1) is 10.2 Å². The lowest BCUT2D eigenvalue weighted by atomic mass is 9.98. The maximum Gasteiger partial charge on any atom is 0.225 e. The first-order chi connectivity index (χ1) is 12.5. The zero-order valence-electron chi connectivity index (χ0n) is 15.5. The van der Waals surface area contributed by atoms with Gasteiger partial charge >= 0.3 is 0 Å². The van der Waals surface area contributed by atoms with Crippen molar-refractivity contribution in [2.45, 2.75) is 45.6 Å². The Bertz CT molecular complexity index is 678. The molecule has 1 amide bonds. The third-order valence-electron chi connectivity index (χ3n) is 6.44. The molecule has 7 heteroatoms. The van der Waals surface area contributed by atoms with E-state index in [9.17, 15) is 4.79 Å². The smallest absolute Gasteiger partial charge is 0.225 e. The summed E-state index contributed by atoms with van der Waals surface area (Å²) in [5.74, 6) is 2.55. The highest BCUT2D eigenvalue weighted by molar-refractivity contribution is 6.30. The first-order valence-corrected chi connectivity index (χ1v) is 10.0. The van der Waals surface area contributed by atoms with Crippen LogP contribution in [0.1, 0.15) is 36.8 Å². The number of halogens is 1. The summed E-state index contributed by atoms with van der Waals surface area (Å²) >= 11 is 6.04. The molecule has 3 atom stereocenters. The number of carbonyl (C=O) groups is 1. The zero-order valence-corrected chi connectivity index (χ0v) is 16.3. The number of likely N-dealkylation sites (tertiary alicyclic amines) is 1. The van der Waals surface area contributed by atoms with Crippen LogP contribution in [0.25, 0.3) is 0 Å². The van der Waals surface area contributed by atoms with Gasteiger partial charge in [0.1, 0.15) is 0 Å². The Morgan fingerprint density at radius 2 is 1.77 bits per heavy atom. The van der Waals surface area contributed by atoms with Gasteiger partial charge in [0.25, 0.3) is 0 Å². The predicted molar refractivity (Wildman–Crippen MR) is 100 cm³/mol. The fraction of sp³-hybridized carbons (Fsp3) is 0.737. The maximum absolute atomic E-state index is 12.7. The molecule has 3 heterocycles. The van der Waals surface area contributed by atoms with E-state index in [-0.39, 0.29) is 5.92 Å². The molecule has 0 bridgehead atoms. The largest absolute Gasteiger partial charge is 0.381 e. The molecule has 1 aromatic heterocycles. The Balaban J connectivity index is 1.34. The number of aromatic nitrogens is 2. The Morgan fingerprint density at radius 3 is 2.42 bits per heavy atom. The van der Waals surface area contributed by atoms with E-state index in [0.717, 1.165) is 68.9 Å². The second kappa shape index (κ2) is 7.31. The fourth-order valence-electron chi connectivity index (χ4n) is 4.71. The molecule has 0 radical (unpaired) electrons. The summed E-state index contributed by atoms with van der Waals surface area (Å²) in [6.07, 6.45) is 3.93. The number of anilines is 1. The molecule has 4 rings (SSSR count). The minimum atomic E-state index is 0.173. The number of hydrogen-bond donors (Lipinski definition) is 1. The van der Waals surface area contributed by atoms with Crippen molar-refractivity contribution in [2.24, 2.45) is 17.8 Å². The van der Waals surface area contributed by atoms with E-state index < -0.39 is 0 Å². The van der Waals surface area contributed by atoms with Gasteiger partial charge in [-0.2, -0.15) is 0 Å². The van der Waals surface area contributed by atoms with E-state index in [4.69, 9.17) is 16.3 Å². The molecule has 1 saturated carbocycles. The Morgan fingerprint density at radius 1 is 1.12 bits per heavy atom. The fourth-order valence-corrected chi connectivity index (χ4v) is 4.89. The molecule has 142 valence electrons. The minimum absolute atomic E-state index is 0.173. The Labute approximate surface area is 159 Å². The average molecular weight is 379 g/mol. The molecule has 6 nitrogen and oxygen atoms in total. The molecule has 26 heavy (non-hydrogen) atoms. The van der Waals surface area contributed by atoms with Crippen LogP contribution in [0.15, 0.2) is 0 Å². The molecular weight excluding hydrogens is 352 g/mol. The molecule has 3 aliphatic rings. The SMILES string of the molecule is Cc1c(Cl)nnc(N[C@H]2C[C@@H]3CN(C(=O)C4CCOCC4)C[C@@H]3C2)c1C. The molecule has 0 unspecified atom stereocenters. The van der Waals surface area contributed by atoms with E-state index in [2.05, 4.69) is 20.4 Å². The summed E-state index contributed by atoms with van der Waals surface area (Å²) < 4.78 is 5.38. The van der Waals surface area contributed by atoms with Gasteiger partial charge in [0, 0.05) is 38.3 Å². The van der Waals surface area contributed by atoms with Gasteiger partial charge in [0.15, 0.2) is 11.0 Å². The number of hydrogen-bond acceptors (Lipinski definition) is 5. The van der Waals surface area contributed by atoms with Crippen LogP contribution in [-0.4, -0.2) is 53.3 Å². The van der Waals surface area contributed by atoms with Crippen molar-refractivity contribution in [3.63, 3.8) is 0 Å². The molecule has 1 aliphatic carbocycles. The quantitative estimate of drug-likeness (QED) is 0.875. The summed E-state index contributed by atoms with van der Waals surface area (Å²) in [5.41, 5.74) is 2.05. The number of nitrogens with zero attached hydrogens (tertiary/aromatic N) is 3. The van der Waals surface area contributed by atoms with Crippen LogP contribution < -0.4 is 5.32 Å². The van der Waals surface area contributed by atoms with Crippen molar-refractivity contribution in [2.75, 3.05) is 31.6 Å². The van der Waals surface area contributed by atoms with Crippen molar-refractivity contribution >= 4 is 23.3 Å². The number of fused-ring (bicyclic) bond motifs is 1. The average Bonchev–Trinajstić information content (AvgIpc) is 3.21. The van der Waals surface area contributed by atoms with Crippen molar-refractivity contribution in [3.8, 4) is 0 Å². The topological polar surface area (TPSA) is 67.4 Å². The molecule has 1 aromatic rings. The normalized spacial score (nSPS) is 29.0. The number of nitrogens with one attached hydrogen (secondary N) is 1. The van der Waals surface area contributed by atoms with Gasteiger partial charge in [-0.25, -0.2) is 0 Å². The highest BCUT2D eigenvalue weighted by atomic mass is 35.5. The number of amides is 1. The molecule has 0 spiro atoms. The third kappa shape index (κ3) is 3.41. The Hall–Kier alpha value is -1.40. The lowest BCUT2D eigenvalue weighted by molar-refractivity contribution is -0.137. The molecule has 1 N–H and O–H groups in total. The molecule has 0 aromatic carbocycles. The van der Waals surface area contributed by atoms with Crippen molar-refractivity contribution in [1.82, 2.24) is 15.1 Å².